The number of rotatable bonds is 0. The van der Waals surface area contributed by atoms with E-state index in [1.807, 2.05) is 12.1 Å². The molecule has 1 heterocycles. The van der Waals surface area contributed by atoms with Crippen molar-refractivity contribution in [2.45, 2.75) is 26.2 Å². The fourth-order valence-electron chi connectivity index (χ4n) is 2.76. The summed E-state index contributed by atoms with van der Waals surface area (Å²) in [4.78, 5) is 0. The second-order valence-corrected chi connectivity index (χ2v) is 5.93. The summed E-state index contributed by atoms with van der Waals surface area (Å²) in [5.74, 6) is 0. The smallest absolute Gasteiger partial charge is 0.0440 e. The minimum atomic E-state index is 0.00814. The van der Waals surface area contributed by atoms with E-state index in [1.165, 1.54) is 22.4 Å². The van der Waals surface area contributed by atoms with Crippen LogP contribution in [0.25, 0.3) is 0 Å². The van der Waals surface area contributed by atoms with Crippen molar-refractivity contribution in [1.82, 2.24) is 0 Å². The lowest BCUT2D eigenvalue weighted by Gasteiger charge is -2.36. The highest BCUT2D eigenvalue weighted by Crippen LogP contribution is 2.45. The number of nitrogens with one attached hydrogen (secondary N) is 1. The van der Waals surface area contributed by atoms with Gasteiger partial charge in [0.25, 0.3) is 0 Å². The Morgan fingerprint density at radius 3 is 2.28 bits per heavy atom. The molecule has 1 nitrogen and oxygen atoms in total. The fraction of sp³-hybridized carbons (Fsp3) is 0.250. The van der Waals surface area contributed by atoms with Crippen LogP contribution >= 0.6 is 11.6 Å². The molecule has 1 aliphatic rings. The monoisotopic (exact) mass is 257 g/mol. The van der Waals surface area contributed by atoms with E-state index >= 15 is 0 Å². The lowest BCUT2D eigenvalue weighted by atomic mass is 9.74. The molecule has 1 aliphatic heterocycles. The van der Waals surface area contributed by atoms with E-state index in [1.54, 1.807) is 0 Å². The first-order chi connectivity index (χ1) is 8.48. The molecule has 2 aromatic carbocycles. The first-order valence-corrected chi connectivity index (χ1v) is 6.54. The predicted octanol–water partition coefficient (Wildman–Crippen LogP) is 5.03. The van der Waals surface area contributed by atoms with E-state index in [4.69, 9.17) is 11.6 Å². The van der Waals surface area contributed by atoms with E-state index < -0.39 is 0 Å². The van der Waals surface area contributed by atoms with Crippen molar-refractivity contribution in [2.75, 3.05) is 5.32 Å². The zero-order valence-electron chi connectivity index (χ0n) is 10.8. The van der Waals surface area contributed by atoms with Crippen LogP contribution in [-0.4, -0.2) is 0 Å². The highest BCUT2D eigenvalue weighted by atomic mass is 35.5. The van der Waals surface area contributed by atoms with Gasteiger partial charge >= 0.3 is 0 Å². The summed E-state index contributed by atoms with van der Waals surface area (Å²) in [5.41, 5.74) is 6.21. The third-order valence-corrected chi connectivity index (χ3v) is 4.01. The lowest BCUT2D eigenvalue weighted by molar-refractivity contribution is 0.638. The van der Waals surface area contributed by atoms with Crippen LogP contribution in [0.15, 0.2) is 36.4 Å². The van der Waals surface area contributed by atoms with E-state index in [-0.39, 0.29) is 5.41 Å². The standard InChI is InChI=1S/C16H16ClN/c1-10-4-6-12-14(8-10)18-15-9-11(17)5-7-13(15)16(12,2)3/h4-9,18H,1-3H3. The average molecular weight is 258 g/mol. The Bertz CT molecular complexity index is 575. The molecule has 0 radical (unpaired) electrons. The molecule has 0 spiro atoms. The Morgan fingerprint density at radius 2 is 1.56 bits per heavy atom. The highest BCUT2D eigenvalue weighted by molar-refractivity contribution is 6.30. The van der Waals surface area contributed by atoms with Gasteiger partial charge in [0.1, 0.15) is 0 Å². The van der Waals surface area contributed by atoms with Crippen LogP contribution in [0.1, 0.15) is 30.5 Å². The van der Waals surface area contributed by atoms with Gasteiger partial charge in [-0.25, -0.2) is 0 Å². The summed E-state index contributed by atoms with van der Waals surface area (Å²) in [6.45, 7) is 6.63. The fourth-order valence-corrected chi connectivity index (χ4v) is 2.93. The van der Waals surface area contributed by atoms with Gasteiger partial charge in [-0.3, -0.25) is 0 Å². The molecule has 0 saturated heterocycles. The normalized spacial score (nSPS) is 15.6. The minimum Gasteiger partial charge on any atom is -0.355 e. The maximum Gasteiger partial charge on any atom is 0.0440 e. The highest BCUT2D eigenvalue weighted by Gasteiger charge is 2.32. The van der Waals surface area contributed by atoms with Gasteiger partial charge in [0.15, 0.2) is 0 Å². The Labute approximate surface area is 113 Å². The number of hydrogen-bond acceptors (Lipinski definition) is 1. The summed E-state index contributed by atoms with van der Waals surface area (Å²) in [5, 5.41) is 4.26. The van der Waals surface area contributed by atoms with Crippen LogP contribution in [0, 0.1) is 6.92 Å². The largest absolute Gasteiger partial charge is 0.355 e. The van der Waals surface area contributed by atoms with Gasteiger partial charge in [-0.15, -0.1) is 0 Å². The van der Waals surface area contributed by atoms with Crippen LogP contribution < -0.4 is 5.32 Å². The number of hydrogen-bond donors (Lipinski definition) is 1. The Balaban J connectivity index is 2.25. The maximum absolute atomic E-state index is 6.09. The number of benzene rings is 2. The molecule has 2 aromatic rings. The Morgan fingerprint density at radius 1 is 0.944 bits per heavy atom. The molecule has 0 aromatic heterocycles. The van der Waals surface area contributed by atoms with E-state index in [2.05, 4.69) is 50.4 Å². The molecule has 0 aliphatic carbocycles. The van der Waals surface area contributed by atoms with Gasteiger partial charge in [0.05, 0.1) is 0 Å². The van der Waals surface area contributed by atoms with Gasteiger partial charge in [0.2, 0.25) is 0 Å². The summed E-state index contributed by atoms with van der Waals surface area (Å²) in [6, 6.07) is 12.7. The van der Waals surface area contributed by atoms with Crippen molar-refractivity contribution in [3.8, 4) is 0 Å². The van der Waals surface area contributed by atoms with Crippen LogP contribution in [-0.2, 0) is 5.41 Å². The van der Waals surface area contributed by atoms with Crippen molar-refractivity contribution in [2.24, 2.45) is 0 Å². The molecular weight excluding hydrogens is 242 g/mol. The molecule has 0 atom stereocenters. The Hall–Kier alpha value is -1.47. The number of aryl methyl sites for hydroxylation is 1. The molecule has 0 amide bonds. The third-order valence-electron chi connectivity index (χ3n) is 3.77. The second kappa shape index (κ2) is 3.76. The summed E-state index contributed by atoms with van der Waals surface area (Å²) >= 11 is 6.09. The summed E-state index contributed by atoms with van der Waals surface area (Å²) in [6.07, 6.45) is 0. The van der Waals surface area contributed by atoms with Gasteiger partial charge in [-0.05, 0) is 41.8 Å². The summed E-state index contributed by atoms with van der Waals surface area (Å²) in [7, 11) is 0. The summed E-state index contributed by atoms with van der Waals surface area (Å²) < 4.78 is 0. The maximum atomic E-state index is 6.09. The van der Waals surface area contributed by atoms with Gasteiger partial charge < -0.3 is 5.32 Å². The van der Waals surface area contributed by atoms with Gasteiger partial charge in [0, 0.05) is 21.8 Å². The average Bonchev–Trinajstić information content (AvgIpc) is 2.27. The molecule has 92 valence electrons. The predicted molar refractivity (Wildman–Crippen MR) is 78.0 cm³/mol. The van der Waals surface area contributed by atoms with E-state index in [9.17, 15) is 0 Å². The second-order valence-electron chi connectivity index (χ2n) is 5.49. The van der Waals surface area contributed by atoms with Crippen molar-refractivity contribution >= 4 is 23.0 Å². The Kier molecular flexibility index (Phi) is 2.43. The van der Waals surface area contributed by atoms with Crippen molar-refractivity contribution < 1.29 is 0 Å². The van der Waals surface area contributed by atoms with Gasteiger partial charge in [-0.1, -0.05) is 43.6 Å². The van der Waals surface area contributed by atoms with Crippen LogP contribution in [0.4, 0.5) is 11.4 Å². The van der Waals surface area contributed by atoms with Crippen LogP contribution in [0.5, 0.6) is 0 Å². The molecule has 18 heavy (non-hydrogen) atoms. The molecule has 0 unspecified atom stereocenters. The van der Waals surface area contributed by atoms with Crippen molar-refractivity contribution in [3.63, 3.8) is 0 Å². The van der Waals surface area contributed by atoms with Gasteiger partial charge in [-0.2, -0.15) is 0 Å². The molecule has 3 rings (SSSR count). The minimum absolute atomic E-state index is 0.00814. The third kappa shape index (κ3) is 1.62. The molecule has 2 heteroatoms. The molecule has 0 fully saturated rings. The molecule has 0 saturated carbocycles. The topological polar surface area (TPSA) is 12.0 Å². The van der Waals surface area contributed by atoms with Crippen molar-refractivity contribution in [1.29, 1.82) is 0 Å². The van der Waals surface area contributed by atoms with Crippen LogP contribution in [0.2, 0.25) is 5.02 Å². The zero-order chi connectivity index (χ0) is 12.9. The lowest BCUT2D eigenvalue weighted by Crippen LogP contribution is -2.25. The number of fused-ring (bicyclic) bond motifs is 2. The SMILES string of the molecule is Cc1ccc2c(c1)Nc1cc(Cl)ccc1C2(C)C. The quantitative estimate of drug-likeness (QED) is 0.698. The first-order valence-electron chi connectivity index (χ1n) is 6.17. The van der Waals surface area contributed by atoms with E-state index in [0.717, 1.165) is 10.7 Å². The molecule has 1 N–H and O–H groups in total. The number of anilines is 2. The molecular formula is C16H16ClN. The van der Waals surface area contributed by atoms with E-state index in [0.29, 0.717) is 0 Å². The first kappa shape index (κ1) is 11.6. The zero-order valence-corrected chi connectivity index (χ0v) is 11.6. The number of halogens is 1. The van der Waals surface area contributed by atoms with Crippen molar-refractivity contribution in [3.05, 3.63) is 58.1 Å². The molecule has 0 bridgehead atoms. The van der Waals surface area contributed by atoms with Crippen LogP contribution in [0.3, 0.4) is 0 Å².